The van der Waals surface area contributed by atoms with E-state index in [9.17, 15) is 4.79 Å². The molecule has 1 unspecified atom stereocenters. The zero-order chi connectivity index (χ0) is 17.2. The van der Waals surface area contributed by atoms with Crippen molar-refractivity contribution in [1.82, 2.24) is 10.3 Å². The number of nitrogens with one attached hydrogen (secondary N) is 2. The van der Waals surface area contributed by atoms with E-state index in [1.807, 2.05) is 60.8 Å². The van der Waals surface area contributed by atoms with E-state index < -0.39 is 0 Å². The summed E-state index contributed by atoms with van der Waals surface area (Å²) in [5.41, 5.74) is 8.39. The molecule has 0 spiro atoms. The Balaban J connectivity index is 1.59. The summed E-state index contributed by atoms with van der Waals surface area (Å²) in [6.07, 6.45) is 2.16. The third kappa shape index (κ3) is 3.14. The Hall–Kier alpha value is -3.05. The van der Waals surface area contributed by atoms with E-state index in [0.29, 0.717) is 6.54 Å². The summed E-state index contributed by atoms with van der Waals surface area (Å²) < 4.78 is 5.84. The molecule has 0 fully saturated rings. The van der Waals surface area contributed by atoms with Crippen molar-refractivity contribution in [2.45, 2.75) is 19.0 Å². The second-order valence-electron chi connectivity index (χ2n) is 6.14. The number of H-pyrrole nitrogens is 1. The number of para-hydroxylation sites is 2. The summed E-state index contributed by atoms with van der Waals surface area (Å²) in [7, 11) is 0. The van der Waals surface area contributed by atoms with Crippen LogP contribution in [0.15, 0.2) is 65.2 Å². The van der Waals surface area contributed by atoms with Crippen molar-refractivity contribution in [2.75, 3.05) is 0 Å². The predicted molar refractivity (Wildman–Crippen MR) is 97.9 cm³/mol. The van der Waals surface area contributed by atoms with Crippen molar-refractivity contribution in [3.63, 3.8) is 0 Å². The van der Waals surface area contributed by atoms with Crippen LogP contribution in [0.2, 0.25) is 0 Å². The molecule has 2 aromatic heterocycles. The summed E-state index contributed by atoms with van der Waals surface area (Å²) in [5.74, 6) is 0.489. The number of aromatic amines is 1. The maximum atomic E-state index is 11.5. The number of carbonyl (C=O) groups excluding carboxylic acids is 1. The number of hydrogen-bond acceptors (Lipinski definition) is 3. The maximum Gasteiger partial charge on any atom is 0.219 e. The van der Waals surface area contributed by atoms with Crippen LogP contribution in [0.1, 0.15) is 23.8 Å². The number of carbonyl (C=O) groups is 1. The van der Waals surface area contributed by atoms with Crippen molar-refractivity contribution in [3.05, 3.63) is 72.1 Å². The molecule has 2 aromatic carbocycles. The first-order valence-corrected chi connectivity index (χ1v) is 8.26. The minimum Gasteiger partial charge on any atom is -0.460 e. The lowest BCUT2D eigenvalue weighted by Crippen LogP contribution is -2.26. The van der Waals surface area contributed by atoms with Gasteiger partial charge in [0.25, 0.3) is 0 Å². The smallest absolute Gasteiger partial charge is 0.219 e. The number of amides is 1. The molecular weight excluding hydrogens is 314 g/mol. The molecule has 5 nitrogen and oxygen atoms in total. The number of hydrogen-bond donors (Lipinski definition) is 3. The number of rotatable bonds is 6. The van der Waals surface area contributed by atoms with Gasteiger partial charge in [0.2, 0.25) is 5.91 Å². The van der Waals surface area contributed by atoms with Crippen LogP contribution in [0.25, 0.3) is 21.9 Å². The van der Waals surface area contributed by atoms with Crippen LogP contribution in [0.3, 0.4) is 0 Å². The lowest BCUT2D eigenvalue weighted by atomic mass is 10.0. The number of fused-ring (bicyclic) bond motifs is 2. The first-order valence-electron chi connectivity index (χ1n) is 8.26. The van der Waals surface area contributed by atoms with E-state index >= 15 is 0 Å². The number of nitrogens with two attached hydrogens (primary N) is 1. The average Bonchev–Trinajstić information content (AvgIpc) is 3.22. The fourth-order valence-corrected chi connectivity index (χ4v) is 3.22. The topological polar surface area (TPSA) is 84.1 Å². The summed E-state index contributed by atoms with van der Waals surface area (Å²) >= 11 is 0. The second-order valence-corrected chi connectivity index (χ2v) is 6.14. The second kappa shape index (κ2) is 6.45. The quantitative estimate of drug-likeness (QED) is 0.504. The van der Waals surface area contributed by atoms with E-state index in [1.54, 1.807) is 0 Å². The lowest BCUT2D eigenvalue weighted by molar-refractivity contribution is -0.118. The summed E-state index contributed by atoms with van der Waals surface area (Å²) in [6.45, 7) is 0.520. The van der Waals surface area contributed by atoms with Crippen LogP contribution < -0.4 is 11.1 Å². The van der Waals surface area contributed by atoms with Gasteiger partial charge in [0.1, 0.15) is 11.3 Å². The van der Waals surface area contributed by atoms with Crippen LogP contribution in [-0.2, 0) is 11.3 Å². The van der Waals surface area contributed by atoms with Crippen molar-refractivity contribution in [3.8, 4) is 0 Å². The Morgan fingerprint density at radius 2 is 1.96 bits per heavy atom. The molecule has 5 heteroatoms. The maximum absolute atomic E-state index is 11.5. The van der Waals surface area contributed by atoms with Gasteiger partial charge in [0.05, 0.1) is 6.54 Å². The zero-order valence-electron chi connectivity index (χ0n) is 13.7. The number of benzene rings is 2. The van der Waals surface area contributed by atoms with Gasteiger partial charge < -0.3 is 20.5 Å². The lowest BCUT2D eigenvalue weighted by Gasteiger charge is -2.16. The molecule has 4 N–H and O–H groups in total. The molecule has 0 saturated heterocycles. The van der Waals surface area contributed by atoms with E-state index in [4.69, 9.17) is 10.2 Å². The van der Waals surface area contributed by atoms with Crippen LogP contribution >= 0.6 is 0 Å². The Kier molecular flexibility index (Phi) is 3.99. The van der Waals surface area contributed by atoms with Gasteiger partial charge >= 0.3 is 0 Å². The SMILES string of the molecule is NC(=O)CC(NCc1cc2ccccc2o1)c1c[nH]c2ccccc12. The van der Waals surface area contributed by atoms with Gasteiger partial charge in [-0.05, 0) is 23.8 Å². The van der Waals surface area contributed by atoms with Gasteiger partial charge in [-0.1, -0.05) is 36.4 Å². The number of aromatic nitrogens is 1. The highest BCUT2D eigenvalue weighted by atomic mass is 16.3. The monoisotopic (exact) mass is 333 g/mol. The zero-order valence-corrected chi connectivity index (χ0v) is 13.7. The molecule has 0 aliphatic heterocycles. The summed E-state index contributed by atoms with van der Waals surface area (Å²) in [6, 6.07) is 17.7. The van der Waals surface area contributed by atoms with E-state index in [-0.39, 0.29) is 18.4 Å². The Morgan fingerprint density at radius 3 is 2.80 bits per heavy atom. The molecule has 1 atom stereocenters. The molecule has 0 radical (unpaired) electrons. The average molecular weight is 333 g/mol. The van der Waals surface area contributed by atoms with E-state index in [1.165, 1.54) is 0 Å². The van der Waals surface area contributed by atoms with Gasteiger partial charge in [-0.25, -0.2) is 0 Å². The standard InChI is InChI=1S/C20H19N3O2/c21-20(24)10-18(16-12-23-17-7-3-2-6-15(16)17)22-11-14-9-13-5-1-4-8-19(13)25-14/h1-9,12,18,22-23H,10-11H2,(H2,21,24). The Bertz CT molecular complexity index is 998. The van der Waals surface area contributed by atoms with E-state index in [2.05, 4.69) is 10.3 Å². The van der Waals surface area contributed by atoms with Crippen molar-refractivity contribution >= 4 is 27.8 Å². The molecule has 25 heavy (non-hydrogen) atoms. The largest absolute Gasteiger partial charge is 0.460 e. The highest BCUT2D eigenvalue weighted by molar-refractivity contribution is 5.84. The summed E-state index contributed by atoms with van der Waals surface area (Å²) in [4.78, 5) is 14.8. The van der Waals surface area contributed by atoms with Gasteiger partial charge in [-0.15, -0.1) is 0 Å². The van der Waals surface area contributed by atoms with Crippen LogP contribution in [-0.4, -0.2) is 10.9 Å². The van der Waals surface area contributed by atoms with Gasteiger partial charge in [0, 0.05) is 34.9 Å². The van der Waals surface area contributed by atoms with Crippen LogP contribution in [0, 0.1) is 0 Å². The Labute approximate surface area is 144 Å². The molecule has 0 bridgehead atoms. The van der Waals surface area contributed by atoms with Crippen molar-refractivity contribution < 1.29 is 9.21 Å². The minimum absolute atomic E-state index is 0.179. The molecule has 126 valence electrons. The molecule has 4 rings (SSSR count). The Morgan fingerprint density at radius 1 is 1.16 bits per heavy atom. The predicted octanol–water partition coefficient (Wildman–Crippen LogP) is 3.62. The van der Waals surface area contributed by atoms with Gasteiger partial charge in [0.15, 0.2) is 0 Å². The molecule has 0 aliphatic rings. The van der Waals surface area contributed by atoms with Gasteiger partial charge in [-0.3, -0.25) is 4.79 Å². The van der Waals surface area contributed by atoms with Crippen LogP contribution in [0.5, 0.6) is 0 Å². The first kappa shape index (κ1) is 15.5. The number of primary amides is 1. The minimum atomic E-state index is -0.340. The first-order chi connectivity index (χ1) is 12.2. The molecule has 4 aromatic rings. The molecular formula is C20H19N3O2. The molecule has 0 saturated carbocycles. The fourth-order valence-electron chi connectivity index (χ4n) is 3.22. The summed E-state index contributed by atoms with van der Waals surface area (Å²) in [5, 5.41) is 5.56. The number of furan rings is 1. The normalized spacial score (nSPS) is 12.6. The molecule has 2 heterocycles. The van der Waals surface area contributed by atoms with Crippen molar-refractivity contribution in [1.29, 1.82) is 0 Å². The highest BCUT2D eigenvalue weighted by Crippen LogP contribution is 2.27. The van der Waals surface area contributed by atoms with Crippen molar-refractivity contribution in [2.24, 2.45) is 5.73 Å². The fraction of sp³-hybridized carbons (Fsp3) is 0.150. The van der Waals surface area contributed by atoms with E-state index in [0.717, 1.165) is 33.2 Å². The molecule has 1 amide bonds. The van der Waals surface area contributed by atoms with Crippen LogP contribution in [0.4, 0.5) is 0 Å². The third-order valence-electron chi connectivity index (χ3n) is 4.40. The molecule has 0 aliphatic carbocycles. The van der Waals surface area contributed by atoms with Gasteiger partial charge in [-0.2, -0.15) is 0 Å². The highest BCUT2D eigenvalue weighted by Gasteiger charge is 2.18. The third-order valence-corrected chi connectivity index (χ3v) is 4.40.